The van der Waals surface area contributed by atoms with E-state index in [4.69, 9.17) is 5.73 Å². The molecular formula is C7H11F4N. The molecule has 1 nitrogen and oxygen atoms in total. The average Bonchev–Trinajstić information content (AvgIpc) is 2.30. The molecule has 0 aromatic heterocycles. The van der Waals surface area contributed by atoms with Crippen molar-refractivity contribution in [3.05, 3.63) is 0 Å². The first kappa shape index (κ1) is 9.77. The molecule has 1 aliphatic carbocycles. The van der Waals surface area contributed by atoms with E-state index in [2.05, 4.69) is 0 Å². The van der Waals surface area contributed by atoms with Gasteiger partial charge in [0, 0.05) is 12.0 Å². The molecule has 0 spiro atoms. The molecule has 0 radical (unpaired) electrons. The minimum Gasteiger partial charge on any atom is -0.327 e. The Kier molecular flexibility index (Phi) is 1.90. The maximum atomic E-state index is 12.6. The van der Waals surface area contributed by atoms with E-state index in [1.54, 1.807) is 13.8 Å². The minimum absolute atomic E-state index is 0.672. The summed E-state index contributed by atoms with van der Waals surface area (Å²) >= 11 is 0. The first-order valence-corrected chi connectivity index (χ1v) is 3.65. The molecule has 0 aromatic rings. The molecule has 1 aliphatic rings. The molecule has 0 heterocycles. The van der Waals surface area contributed by atoms with Crippen LogP contribution < -0.4 is 5.73 Å². The smallest absolute Gasteiger partial charge is 0.327 e. The van der Waals surface area contributed by atoms with Crippen LogP contribution in [-0.2, 0) is 0 Å². The van der Waals surface area contributed by atoms with Crippen molar-refractivity contribution >= 4 is 0 Å². The number of nitrogens with two attached hydrogens (primary N) is 1. The quantitative estimate of drug-likeness (QED) is 0.620. The van der Waals surface area contributed by atoms with Gasteiger partial charge in [0.1, 0.15) is 0 Å². The Bertz CT molecular complexity index is 176. The van der Waals surface area contributed by atoms with Crippen LogP contribution in [0, 0.1) is 11.3 Å². The maximum Gasteiger partial charge on any atom is 0.420 e. The van der Waals surface area contributed by atoms with Crippen LogP contribution in [0.4, 0.5) is 17.6 Å². The molecular weight excluding hydrogens is 174 g/mol. The lowest BCUT2D eigenvalue weighted by Crippen LogP contribution is -2.29. The second-order valence-electron chi connectivity index (χ2n) is 3.82. The van der Waals surface area contributed by atoms with E-state index in [0.717, 1.165) is 0 Å². The molecule has 0 aliphatic heterocycles. The summed E-state index contributed by atoms with van der Waals surface area (Å²) in [5, 5.41) is 0. The van der Waals surface area contributed by atoms with Gasteiger partial charge in [-0.3, -0.25) is 0 Å². The summed E-state index contributed by atoms with van der Waals surface area (Å²) in [5.41, 5.74) is 4.59. The van der Waals surface area contributed by atoms with Crippen molar-refractivity contribution in [2.24, 2.45) is 17.1 Å². The van der Waals surface area contributed by atoms with Crippen molar-refractivity contribution < 1.29 is 17.6 Å². The van der Waals surface area contributed by atoms with Gasteiger partial charge in [-0.2, -0.15) is 13.2 Å². The molecule has 0 aromatic carbocycles. The number of rotatable bonds is 1. The van der Waals surface area contributed by atoms with Crippen LogP contribution in [0.2, 0.25) is 0 Å². The molecule has 0 saturated heterocycles. The first-order chi connectivity index (χ1) is 5.19. The van der Waals surface area contributed by atoms with Crippen molar-refractivity contribution in [1.82, 2.24) is 0 Å². The van der Waals surface area contributed by atoms with E-state index in [9.17, 15) is 17.6 Å². The van der Waals surface area contributed by atoms with E-state index in [1.165, 1.54) is 0 Å². The minimum atomic E-state index is -4.77. The standard InChI is InChI=1S/C7H11F4N/c1-6(2)3(5(6)12)4(8)7(9,10)11/h3-5H,12H2,1-2H3/t3-,4?,5-/m1/s1. The summed E-state index contributed by atoms with van der Waals surface area (Å²) in [6.45, 7) is 3.08. The number of alkyl halides is 4. The second kappa shape index (κ2) is 2.34. The zero-order chi connectivity index (χ0) is 9.73. The highest BCUT2D eigenvalue weighted by molar-refractivity contribution is 5.13. The zero-order valence-electron chi connectivity index (χ0n) is 6.82. The summed E-state index contributed by atoms with van der Waals surface area (Å²) in [6, 6.07) is -0.672. The highest BCUT2D eigenvalue weighted by atomic mass is 19.4. The predicted molar refractivity (Wildman–Crippen MR) is 36.2 cm³/mol. The van der Waals surface area contributed by atoms with Gasteiger partial charge in [-0.05, 0) is 5.41 Å². The molecule has 0 amide bonds. The average molecular weight is 185 g/mol. The second-order valence-corrected chi connectivity index (χ2v) is 3.82. The summed E-state index contributed by atoms with van der Waals surface area (Å²) in [6.07, 6.45) is -7.54. The molecule has 1 saturated carbocycles. The molecule has 0 bridgehead atoms. The lowest BCUT2D eigenvalue weighted by molar-refractivity contribution is -0.188. The normalized spacial score (nSPS) is 36.2. The van der Waals surface area contributed by atoms with Gasteiger partial charge in [0.2, 0.25) is 0 Å². The third-order valence-electron chi connectivity index (χ3n) is 2.62. The molecule has 5 heteroatoms. The number of halogens is 4. The zero-order valence-corrected chi connectivity index (χ0v) is 6.82. The van der Waals surface area contributed by atoms with E-state index in [1.807, 2.05) is 0 Å². The fourth-order valence-electron chi connectivity index (χ4n) is 1.48. The lowest BCUT2D eigenvalue weighted by Gasteiger charge is -2.12. The van der Waals surface area contributed by atoms with Crippen LogP contribution in [-0.4, -0.2) is 18.4 Å². The van der Waals surface area contributed by atoms with Gasteiger partial charge >= 0.3 is 6.18 Å². The van der Waals surface area contributed by atoms with E-state index < -0.39 is 29.7 Å². The van der Waals surface area contributed by atoms with Gasteiger partial charge < -0.3 is 5.73 Å². The fourth-order valence-corrected chi connectivity index (χ4v) is 1.48. The Hall–Kier alpha value is -0.320. The van der Waals surface area contributed by atoms with Crippen molar-refractivity contribution in [2.75, 3.05) is 0 Å². The van der Waals surface area contributed by atoms with Gasteiger partial charge in [0.25, 0.3) is 0 Å². The Balaban J connectivity index is 2.64. The fraction of sp³-hybridized carbons (Fsp3) is 1.00. The van der Waals surface area contributed by atoms with Gasteiger partial charge in [-0.25, -0.2) is 4.39 Å². The highest BCUT2D eigenvalue weighted by Gasteiger charge is 2.65. The largest absolute Gasteiger partial charge is 0.420 e. The van der Waals surface area contributed by atoms with Gasteiger partial charge in [-0.1, -0.05) is 13.8 Å². The number of hydrogen-bond acceptors (Lipinski definition) is 1. The van der Waals surface area contributed by atoms with E-state index in [-0.39, 0.29) is 0 Å². The molecule has 72 valence electrons. The van der Waals surface area contributed by atoms with Crippen LogP contribution in [0.15, 0.2) is 0 Å². The van der Waals surface area contributed by atoms with E-state index >= 15 is 0 Å². The Morgan fingerprint density at radius 2 is 1.67 bits per heavy atom. The van der Waals surface area contributed by atoms with Crippen molar-refractivity contribution in [2.45, 2.75) is 32.2 Å². The van der Waals surface area contributed by atoms with Gasteiger partial charge in [-0.15, -0.1) is 0 Å². The first-order valence-electron chi connectivity index (χ1n) is 3.65. The van der Waals surface area contributed by atoms with Crippen LogP contribution in [0.1, 0.15) is 13.8 Å². The van der Waals surface area contributed by atoms with Crippen molar-refractivity contribution in [1.29, 1.82) is 0 Å². The molecule has 1 unspecified atom stereocenters. The Morgan fingerprint density at radius 1 is 1.33 bits per heavy atom. The molecule has 12 heavy (non-hydrogen) atoms. The number of hydrogen-bond donors (Lipinski definition) is 1. The maximum absolute atomic E-state index is 12.6. The van der Waals surface area contributed by atoms with Crippen molar-refractivity contribution in [3.63, 3.8) is 0 Å². The molecule has 1 fully saturated rings. The third-order valence-corrected chi connectivity index (χ3v) is 2.62. The summed E-state index contributed by atoms with van der Waals surface area (Å²) in [5.74, 6) is -1.07. The van der Waals surface area contributed by atoms with Gasteiger partial charge in [0.15, 0.2) is 6.17 Å². The van der Waals surface area contributed by atoms with Crippen LogP contribution >= 0.6 is 0 Å². The molecule has 1 rings (SSSR count). The molecule has 3 atom stereocenters. The summed E-state index contributed by atoms with van der Waals surface area (Å²) in [4.78, 5) is 0. The van der Waals surface area contributed by atoms with Crippen LogP contribution in [0.25, 0.3) is 0 Å². The Labute approximate surface area is 67.9 Å². The van der Waals surface area contributed by atoms with Crippen molar-refractivity contribution in [3.8, 4) is 0 Å². The predicted octanol–water partition coefficient (Wildman–Crippen LogP) is 1.87. The molecule has 2 N–H and O–H groups in total. The highest BCUT2D eigenvalue weighted by Crippen LogP contribution is 2.56. The van der Waals surface area contributed by atoms with Gasteiger partial charge in [0.05, 0.1) is 0 Å². The summed E-state index contributed by atoms with van der Waals surface area (Å²) in [7, 11) is 0. The topological polar surface area (TPSA) is 26.0 Å². The third kappa shape index (κ3) is 1.30. The summed E-state index contributed by atoms with van der Waals surface area (Å²) < 4.78 is 48.1. The van der Waals surface area contributed by atoms with Crippen LogP contribution in [0.5, 0.6) is 0 Å². The lowest BCUT2D eigenvalue weighted by atomic mass is 10.1. The SMILES string of the molecule is CC1(C)[C@H](N)[C@H]1C(F)C(F)(F)F. The van der Waals surface area contributed by atoms with E-state index in [0.29, 0.717) is 0 Å². The Morgan fingerprint density at radius 3 is 1.75 bits per heavy atom. The monoisotopic (exact) mass is 185 g/mol. The van der Waals surface area contributed by atoms with Crippen LogP contribution in [0.3, 0.4) is 0 Å².